The van der Waals surface area contributed by atoms with Crippen LogP contribution in [0.25, 0.3) is 0 Å². The Kier molecular flexibility index (Phi) is 1.89. The lowest BCUT2D eigenvalue weighted by Crippen LogP contribution is -1.87. The standard InChI is InChI=1S/C10H17/c1-5-8(2)6-9-7-10(9,3)4/h6-7,9H,5H2,1-4H3. The number of rotatable bonds is 2. The Balaban J connectivity index is 2.42. The van der Waals surface area contributed by atoms with E-state index in [1.54, 1.807) is 0 Å². The first-order valence-electron chi connectivity index (χ1n) is 4.09. The SMILES string of the molecule is CCC(C)=CC1[CH]C1(C)C. The van der Waals surface area contributed by atoms with E-state index in [-0.39, 0.29) is 0 Å². The van der Waals surface area contributed by atoms with Crippen molar-refractivity contribution in [2.45, 2.75) is 34.1 Å². The van der Waals surface area contributed by atoms with Gasteiger partial charge in [0, 0.05) is 0 Å². The van der Waals surface area contributed by atoms with Crippen LogP contribution in [0.3, 0.4) is 0 Å². The highest BCUT2D eigenvalue weighted by Gasteiger charge is 2.44. The van der Waals surface area contributed by atoms with Crippen molar-refractivity contribution in [2.75, 3.05) is 0 Å². The predicted octanol–water partition coefficient (Wildman–Crippen LogP) is 3.20. The van der Waals surface area contributed by atoms with Gasteiger partial charge in [-0.1, -0.05) is 32.4 Å². The summed E-state index contributed by atoms with van der Waals surface area (Å²) in [7, 11) is 0. The van der Waals surface area contributed by atoms with Crippen molar-refractivity contribution < 1.29 is 0 Å². The second kappa shape index (κ2) is 2.41. The van der Waals surface area contributed by atoms with E-state index < -0.39 is 0 Å². The van der Waals surface area contributed by atoms with E-state index in [0.29, 0.717) is 5.41 Å². The molecule has 0 heterocycles. The molecular formula is C10H17. The minimum Gasteiger partial charge on any atom is -0.0816 e. The molecule has 1 unspecified atom stereocenters. The molecule has 0 aromatic rings. The van der Waals surface area contributed by atoms with Gasteiger partial charge in [-0.2, -0.15) is 0 Å². The highest BCUT2D eigenvalue weighted by Crippen LogP contribution is 2.51. The van der Waals surface area contributed by atoms with Crippen molar-refractivity contribution in [3.63, 3.8) is 0 Å². The molecule has 0 spiro atoms. The molecule has 1 aliphatic carbocycles. The average Bonchev–Trinajstić information content (AvgIpc) is 2.40. The zero-order valence-corrected chi connectivity index (χ0v) is 7.44. The lowest BCUT2D eigenvalue weighted by molar-refractivity contribution is 0.623. The molecule has 0 N–H and O–H groups in total. The molecule has 1 saturated carbocycles. The van der Waals surface area contributed by atoms with E-state index in [4.69, 9.17) is 0 Å². The fraction of sp³-hybridized carbons (Fsp3) is 0.700. The number of hydrogen-bond donors (Lipinski definition) is 0. The van der Waals surface area contributed by atoms with Crippen LogP contribution in [0.1, 0.15) is 34.1 Å². The fourth-order valence-corrected chi connectivity index (χ4v) is 1.10. The zero-order chi connectivity index (χ0) is 7.78. The molecule has 0 saturated heterocycles. The van der Waals surface area contributed by atoms with E-state index in [2.05, 4.69) is 40.2 Å². The monoisotopic (exact) mass is 137 g/mol. The molecule has 0 nitrogen and oxygen atoms in total. The highest BCUT2D eigenvalue weighted by atomic mass is 14.5. The minimum atomic E-state index is 0.496. The molecule has 0 heteroatoms. The van der Waals surface area contributed by atoms with Crippen molar-refractivity contribution in [3.8, 4) is 0 Å². The molecule has 0 aromatic carbocycles. The molecule has 1 atom stereocenters. The Bertz CT molecular complexity index is 151. The van der Waals surface area contributed by atoms with Gasteiger partial charge in [0.25, 0.3) is 0 Å². The first-order valence-corrected chi connectivity index (χ1v) is 4.09. The van der Waals surface area contributed by atoms with Crippen LogP contribution < -0.4 is 0 Å². The van der Waals surface area contributed by atoms with Gasteiger partial charge in [-0.05, 0) is 31.1 Å². The van der Waals surface area contributed by atoms with E-state index >= 15 is 0 Å². The highest BCUT2D eigenvalue weighted by molar-refractivity contribution is 5.23. The van der Waals surface area contributed by atoms with Crippen LogP contribution in [-0.4, -0.2) is 0 Å². The van der Waals surface area contributed by atoms with Gasteiger partial charge in [-0.3, -0.25) is 0 Å². The maximum atomic E-state index is 2.40. The molecule has 0 bridgehead atoms. The molecule has 0 aliphatic heterocycles. The van der Waals surface area contributed by atoms with E-state index in [9.17, 15) is 0 Å². The normalized spacial score (nSPS) is 30.4. The summed E-state index contributed by atoms with van der Waals surface area (Å²) in [6, 6.07) is 0. The Hall–Kier alpha value is -0.260. The van der Waals surface area contributed by atoms with Crippen LogP contribution in [0.15, 0.2) is 11.6 Å². The first kappa shape index (κ1) is 7.84. The van der Waals surface area contributed by atoms with Crippen LogP contribution in [0, 0.1) is 17.8 Å². The van der Waals surface area contributed by atoms with Gasteiger partial charge in [0.05, 0.1) is 0 Å². The third-order valence-electron chi connectivity index (χ3n) is 2.38. The van der Waals surface area contributed by atoms with Crippen LogP contribution in [0.2, 0.25) is 0 Å². The maximum Gasteiger partial charge on any atom is -0.0140 e. The van der Waals surface area contributed by atoms with E-state index in [1.807, 2.05) is 0 Å². The van der Waals surface area contributed by atoms with Crippen molar-refractivity contribution in [3.05, 3.63) is 18.1 Å². The van der Waals surface area contributed by atoms with Crippen molar-refractivity contribution in [1.82, 2.24) is 0 Å². The molecular weight excluding hydrogens is 120 g/mol. The van der Waals surface area contributed by atoms with Crippen LogP contribution in [0.4, 0.5) is 0 Å². The second-order valence-electron chi connectivity index (χ2n) is 3.88. The van der Waals surface area contributed by atoms with Gasteiger partial charge >= 0.3 is 0 Å². The second-order valence-corrected chi connectivity index (χ2v) is 3.88. The smallest absolute Gasteiger partial charge is 0.0140 e. The van der Waals surface area contributed by atoms with Crippen LogP contribution in [0.5, 0.6) is 0 Å². The largest absolute Gasteiger partial charge is 0.0816 e. The summed E-state index contributed by atoms with van der Waals surface area (Å²) in [5.74, 6) is 0.757. The summed E-state index contributed by atoms with van der Waals surface area (Å²) in [5, 5.41) is 0. The zero-order valence-electron chi connectivity index (χ0n) is 7.44. The third-order valence-corrected chi connectivity index (χ3v) is 2.38. The third kappa shape index (κ3) is 1.62. The van der Waals surface area contributed by atoms with Gasteiger partial charge in [0.15, 0.2) is 0 Å². The summed E-state index contributed by atoms with van der Waals surface area (Å²) >= 11 is 0. The van der Waals surface area contributed by atoms with Gasteiger partial charge in [-0.15, -0.1) is 0 Å². The molecule has 0 aromatic heterocycles. The van der Waals surface area contributed by atoms with Crippen molar-refractivity contribution >= 4 is 0 Å². The summed E-state index contributed by atoms with van der Waals surface area (Å²) < 4.78 is 0. The molecule has 1 fully saturated rings. The van der Waals surface area contributed by atoms with Gasteiger partial charge in [0.1, 0.15) is 0 Å². The summed E-state index contributed by atoms with van der Waals surface area (Å²) in [5.41, 5.74) is 2.02. The number of allylic oxidation sites excluding steroid dienone is 2. The Morgan fingerprint density at radius 2 is 2.10 bits per heavy atom. The maximum absolute atomic E-state index is 2.40. The summed E-state index contributed by atoms with van der Waals surface area (Å²) in [4.78, 5) is 0. The van der Waals surface area contributed by atoms with Crippen molar-refractivity contribution in [2.24, 2.45) is 11.3 Å². The van der Waals surface area contributed by atoms with Crippen LogP contribution >= 0.6 is 0 Å². The molecule has 1 rings (SSSR count). The molecule has 1 radical (unpaired) electrons. The minimum absolute atomic E-state index is 0.496. The Morgan fingerprint density at radius 3 is 2.40 bits per heavy atom. The molecule has 10 heavy (non-hydrogen) atoms. The predicted molar refractivity (Wildman–Crippen MR) is 45.6 cm³/mol. The van der Waals surface area contributed by atoms with Gasteiger partial charge < -0.3 is 0 Å². The fourth-order valence-electron chi connectivity index (χ4n) is 1.10. The van der Waals surface area contributed by atoms with E-state index in [1.165, 1.54) is 12.0 Å². The average molecular weight is 137 g/mol. The quantitative estimate of drug-likeness (QED) is 0.513. The molecule has 1 aliphatic rings. The molecule has 0 amide bonds. The van der Waals surface area contributed by atoms with Crippen LogP contribution in [-0.2, 0) is 0 Å². The van der Waals surface area contributed by atoms with Gasteiger partial charge in [0.2, 0.25) is 0 Å². The lowest BCUT2D eigenvalue weighted by atomic mass is 10.1. The molecule has 57 valence electrons. The lowest BCUT2D eigenvalue weighted by Gasteiger charge is -1.98. The van der Waals surface area contributed by atoms with Crippen molar-refractivity contribution in [1.29, 1.82) is 0 Å². The Morgan fingerprint density at radius 1 is 1.60 bits per heavy atom. The summed E-state index contributed by atoms with van der Waals surface area (Å²) in [6.45, 7) is 9.00. The number of hydrogen-bond acceptors (Lipinski definition) is 0. The summed E-state index contributed by atoms with van der Waals surface area (Å²) in [6.07, 6.45) is 5.98. The Labute approximate surface area is 64.3 Å². The topological polar surface area (TPSA) is 0 Å². The van der Waals surface area contributed by atoms with E-state index in [0.717, 1.165) is 5.92 Å². The van der Waals surface area contributed by atoms with Gasteiger partial charge in [-0.25, -0.2) is 0 Å². The first-order chi connectivity index (χ1) is 4.56.